The maximum atomic E-state index is 13.6. The lowest BCUT2D eigenvalue weighted by Gasteiger charge is -2.37. The molecule has 4 heterocycles. The van der Waals surface area contributed by atoms with Crippen LogP contribution in [0.25, 0.3) is 16.9 Å². The zero-order valence-corrected chi connectivity index (χ0v) is 21.0. The number of pyridine rings is 1. The van der Waals surface area contributed by atoms with Crippen LogP contribution in [0.5, 0.6) is 0 Å². The number of piperidine rings is 1. The molecule has 2 aromatic heterocycles. The lowest BCUT2D eigenvalue weighted by molar-refractivity contribution is -0.137. The van der Waals surface area contributed by atoms with Crippen LogP contribution in [0.15, 0.2) is 73.1 Å². The molecule has 0 aliphatic carbocycles. The fourth-order valence-electron chi connectivity index (χ4n) is 5.54. The average Bonchev–Trinajstić information content (AvgIpc) is 3.50. The molecule has 2 aliphatic heterocycles. The highest BCUT2D eigenvalue weighted by atomic mass is 19.4. The van der Waals surface area contributed by atoms with E-state index in [4.69, 9.17) is 0 Å². The lowest BCUT2D eigenvalue weighted by Crippen LogP contribution is -2.48. The van der Waals surface area contributed by atoms with Crippen molar-refractivity contribution >= 4 is 17.5 Å². The number of aryl methyl sites for hydroxylation is 1. The Kier molecular flexibility index (Phi) is 5.78. The minimum atomic E-state index is -4.46. The van der Waals surface area contributed by atoms with Crippen molar-refractivity contribution in [2.45, 2.75) is 31.4 Å². The monoisotopic (exact) mass is 531 g/mol. The number of nitrogens with one attached hydrogen (secondary N) is 1. The molecule has 0 bridgehead atoms. The number of fused-ring (bicyclic) bond motifs is 2. The molecule has 10 heteroatoms. The molecule has 4 aromatic rings. The molecule has 0 atom stereocenters. The molecule has 1 spiro atoms. The van der Waals surface area contributed by atoms with E-state index in [2.05, 4.69) is 15.4 Å². The van der Waals surface area contributed by atoms with E-state index < -0.39 is 17.2 Å². The topological polar surface area (TPSA) is 80.1 Å². The summed E-state index contributed by atoms with van der Waals surface area (Å²) in [7, 11) is 0. The maximum Gasteiger partial charge on any atom is 0.416 e. The van der Waals surface area contributed by atoms with Gasteiger partial charge in [-0.3, -0.25) is 14.6 Å². The predicted molar refractivity (Wildman–Crippen MR) is 138 cm³/mol. The van der Waals surface area contributed by atoms with Crippen LogP contribution in [0.2, 0.25) is 0 Å². The number of nitrogens with zero attached hydrogens (tertiary/aromatic N) is 4. The summed E-state index contributed by atoms with van der Waals surface area (Å²) in [6.45, 7) is 2.71. The number of alkyl halides is 3. The van der Waals surface area contributed by atoms with Gasteiger partial charge in [0, 0.05) is 36.7 Å². The van der Waals surface area contributed by atoms with Gasteiger partial charge in [-0.05, 0) is 73.4 Å². The van der Waals surface area contributed by atoms with Crippen LogP contribution in [0.4, 0.5) is 18.9 Å². The second kappa shape index (κ2) is 9.07. The van der Waals surface area contributed by atoms with Gasteiger partial charge in [-0.15, -0.1) is 0 Å². The smallest absolute Gasteiger partial charge is 0.337 e. The van der Waals surface area contributed by atoms with Gasteiger partial charge in [0.15, 0.2) is 5.69 Å². The molecule has 2 amide bonds. The first kappa shape index (κ1) is 24.8. The Morgan fingerprint density at radius 3 is 2.36 bits per heavy atom. The van der Waals surface area contributed by atoms with Gasteiger partial charge in [0.1, 0.15) is 0 Å². The Morgan fingerprint density at radius 1 is 1.00 bits per heavy atom. The summed E-state index contributed by atoms with van der Waals surface area (Å²) in [5.41, 5.74) is 3.23. The third-order valence-electron chi connectivity index (χ3n) is 7.71. The third-order valence-corrected chi connectivity index (χ3v) is 7.71. The number of hydrogen-bond acceptors (Lipinski definition) is 4. The van der Waals surface area contributed by atoms with Crippen LogP contribution >= 0.6 is 0 Å². The van der Waals surface area contributed by atoms with Crippen LogP contribution < -0.4 is 5.32 Å². The number of para-hydroxylation sites is 1. The largest absolute Gasteiger partial charge is 0.416 e. The number of amides is 2. The Bertz CT molecular complexity index is 1570. The number of rotatable bonds is 3. The highest BCUT2D eigenvalue weighted by Gasteiger charge is 2.49. The van der Waals surface area contributed by atoms with Gasteiger partial charge in [-0.25, -0.2) is 4.68 Å². The number of hydrogen-bond donors (Lipinski definition) is 1. The number of carbonyl (C=O) groups excluding carboxylic acids is 2. The van der Waals surface area contributed by atoms with Gasteiger partial charge in [0.25, 0.3) is 5.91 Å². The normalized spacial score (nSPS) is 16.3. The maximum absolute atomic E-state index is 13.6. The zero-order valence-electron chi connectivity index (χ0n) is 21.0. The summed E-state index contributed by atoms with van der Waals surface area (Å²) in [4.78, 5) is 32.3. The first-order valence-electron chi connectivity index (χ1n) is 12.6. The molecule has 1 fully saturated rings. The fraction of sp³-hybridized carbons (Fsp3) is 0.241. The van der Waals surface area contributed by atoms with Crippen LogP contribution in [-0.4, -0.2) is 44.6 Å². The molecule has 39 heavy (non-hydrogen) atoms. The van der Waals surface area contributed by atoms with Crippen molar-refractivity contribution in [2.24, 2.45) is 0 Å². The summed E-state index contributed by atoms with van der Waals surface area (Å²) in [5.74, 6) is -0.334. The molecular weight excluding hydrogens is 507 g/mol. The van der Waals surface area contributed by atoms with Gasteiger partial charge in [0.05, 0.1) is 22.4 Å². The second-order valence-corrected chi connectivity index (χ2v) is 9.93. The van der Waals surface area contributed by atoms with Crippen LogP contribution in [0, 0.1) is 6.92 Å². The number of anilines is 1. The SMILES string of the molecule is Cc1cccc2c1NC(=O)C21CCN(C(=O)c2cc(-c3ccncc3)n(-c3ccc(C(F)(F)F)cc3)n2)CC1. The molecular formula is C29H24F3N5O2. The van der Waals surface area contributed by atoms with Crippen molar-refractivity contribution in [3.8, 4) is 16.9 Å². The second-order valence-electron chi connectivity index (χ2n) is 9.93. The summed E-state index contributed by atoms with van der Waals surface area (Å²) < 4.78 is 40.8. The van der Waals surface area contributed by atoms with Gasteiger partial charge in [-0.2, -0.15) is 18.3 Å². The quantitative estimate of drug-likeness (QED) is 0.385. The molecule has 0 saturated carbocycles. The van der Waals surface area contributed by atoms with E-state index in [9.17, 15) is 22.8 Å². The molecule has 2 aromatic carbocycles. The van der Waals surface area contributed by atoms with Crippen LogP contribution in [0.3, 0.4) is 0 Å². The van der Waals surface area contributed by atoms with E-state index >= 15 is 0 Å². The van der Waals surface area contributed by atoms with E-state index in [1.54, 1.807) is 35.5 Å². The van der Waals surface area contributed by atoms with Crippen LogP contribution in [0.1, 0.15) is 40.0 Å². The predicted octanol–water partition coefficient (Wildman–Crippen LogP) is 5.39. The van der Waals surface area contributed by atoms with E-state index in [0.717, 1.165) is 28.9 Å². The molecule has 7 nitrogen and oxygen atoms in total. The standard InChI is InChI=1S/C29H24F3N5O2/c1-18-3-2-4-22-25(18)34-27(39)28(22)11-15-36(16-12-28)26(38)23-17-24(19-9-13-33-14-10-19)37(35-23)21-7-5-20(6-8-21)29(30,31)32/h2-10,13-14,17H,11-12,15-16H2,1H3,(H,34,39). The number of likely N-dealkylation sites (tertiary alicyclic amines) is 1. The van der Waals surface area contributed by atoms with Gasteiger partial charge in [0.2, 0.25) is 5.91 Å². The first-order chi connectivity index (χ1) is 18.7. The van der Waals surface area contributed by atoms with Gasteiger partial charge < -0.3 is 10.2 Å². The van der Waals surface area contributed by atoms with Crippen molar-refractivity contribution in [1.29, 1.82) is 0 Å². The molecule has 1 saturated heterocycles. The van der Waals surface area contributed by atoms with E-state index in [0.29, 0.717) is 42.9 Å². The highest BCUT2D eigenvalue weighted by molar-refractivity contribution is 6.07. The molecule has 2 aliphatic rings. The van der Waals surface area contributed by atoms with E-state index in [1.165, 1.54) is 16.8 Å². The van der Waals surface area contributed by atoms with Gasteiger partial charge in [-0.1, -0.05) is 18.2 Å². The van der Waals surface area contributed by atoms with Crippen molar-refractivity contribution < 1.29 is 22.8 Å². The fourth-order valence-corrected chi connectivity index (χ4v) is 5.54. The summed E-state index contributed by atoms with van der Waals surface area (Å²) in [6, 6.07) is 15.7. The Hall–Kier alpha value is -4.47. The minimum Gasteiger partial charge on any atom is -0.337 e. The minimum absolute atomic E-state index is 0.0366. The number of aromatic nitrogens is 3. The molecule has 6 rings (SSSR count). The van der Waals surface area contributed by atoms with Crippen molar-refractivity contribution in [1.82, 2.24) is 19.7 Å². The molecule has 1 N–H and O–H groups in total. The first-order valence-corrected chi connectivity index (χ1v) is 12.6. The molecule has 198 valence electrons. The number of carbonyl (C=O) groups is 2. The third kappa shape index (κ3) is 4.16. The van der Waals surface area contributed by atoms with Crippen molar-refractivity contribution in [3.63, 3.8) is 0 Å². The lowest BCUT2D eigenvalue weighted by atomic mass is 9.73. The van der Waals surface area contributed by atoms with E-state index in [1.807, 2.05) is 25.1 Å². The van der Waals surface area contributed by atoms with Gasteiger partial charge >= 0.3 is 6.18 Å². The van der Waals surface area contributed by atoms with Crippen molar-refractivity contribution in [3.05, 3.63) is 95.4 Å². The molecule has 0 unspecified atom stereocenters. The summed E-state index contributed by atoms with van der Waals surface area (Å²) in [5, 5.41) is 7.55. The van der Waals surface area contributed by atoms with Crippen molar-refractivity contribution in [2.75, 3.05) is 18.4 Å². The Labute approximate surface area is 222 Å². The Balaban J connectivity index is 1.30. The highest BCUT2D eigenvalue weighted by Crippen LogP contribution is 2.46. The average molecular weight is 532 g/mol. The number of benzene rings is 2. The summed E-state index contributed by atoms with van der Waals surface area (Å²) >= 11 is 0. The molecule has 0 radical (unpaired) electrons. The van der Waals surface area contributed by atoms with Crippen LogP contribution in [-0.2, 0) is 16.4 Å². The Morgan fingerprint density at radius 2 is 1.69 bits per heavy atom. The number of halogens is 3. The van der Waals surface area contributed by atoms with E-state index in [-0.39, 0.29) is 17.5 Å². The zero-order chi connectivity index (χ0) is 27.4. The summed E-state index contributed by atoms with van der Waals surface area (Å²) in [6.07, 6.45) is -0.303.